The summed E-state index contributed by atoms with van der Waals surface area (Å²) >= 11 is 0. The Morgan fingerprint density at radius 2 is 1.64 bits per heavy atom. The van der Waals surface area contributed by atoms with Crippen molar-refractivity contribution in [2.24, 2.45) is 5.92 Å². The molecule has 3 rings (SSSR count). The Labute approximate surface area is 195 Å². The molecular weight excluding hydrogens is 422 g/mol. The third-order valence-corrected chi connectivity index (χ3v) is 5.87. The van der Waals surface area contributed by atoms with Gasteiger partial charge in [-0.05, 0) is 62.2 Å². The van der Waals surface area contributed by atoms with E-state index in [1.165, 1.54) is 0 Å². The van der Waals surface area contributed by atoms with Crippen molar-refractivity contribution < 1.29 is 23.8 Å². The Bertz CT molecular complexity index is 941. The lowest BCUT2D eigenvalue weighted by Gasteiger charge is -2.30. The lowest BCUT2D eigenvalue weighted by Crippen LogP contribution is -2.43. The molecule has 0 aromatic heterocycles. The molecule has 0 atom stereocenters. The number of rotatable bonds is 10. The summed E-state index contributed by atoms with van der Waals surface area (Å²) in [5.74, 6) is 1.93. The van der Waals surface area contributed by atoms with E-state index in [9.17, 15) is 9.59 Å². The summed E-state index contributed by atoms with van der Waals surface area (Å²) in [5, 5.41) is 5.94. The number of nitrogens with one attached hydrogen (secondary N) is 2. The van der Waals surface area contributed by atoms with E-state index in [0.29, 0.717) is 55.5 Å². The van der Waals surface area contributed by atoms with Crippen molar-refractivity contribution in [3.63, 3.8) is 0 Å². The first-order valence-electron chi connectivity index (χ1n) is 11.2. The zero-order valence-electron chi connectivity index (χ0n) is 19.6. The van der Waals surface area contributed by atoms with Gasteiger partial charge in [0.2, 0.25) is 11.8 Å². The van der Waals surface area contributed by atoms with Gasteiger partial charge in [0, 0.05) is 12.5 Å². The van der Waals surface area contributed by atoms with Gasteiger partial charge in [-0.1, -0.05) is 18.2 Å². The second-order valence-corrected chi connectivity index (χ2v) is 8.03. The number of ether oxygens (including phenoxy) is 3. The molecule has 178 valence electrons. The molecule has 2 amide bonds. The van der Waals surface area contributed by atoms with Gasteiger partial charge in [0.05, 0.1) is 33.6 Å². The minimum atomic E-state index is -0.0701. The number of piperidine rings is 1. The Morgan fingerprint density at radius 3 is 2.33 bits per heavy atom. The maximum atomic E-state index is 12.6. The smallest absolute Gasteiger partial charge is 0.234 e. The Hall–Kier alpha value is -3.26. The molecule has 2 N–H and O–H groups in total. The van der Waals surface area contributed by atoms with Gasteiger partial charge >= 0.3 is 0 Å². The number of benzene rings is 2. The number of methoxy groups -OCH3 is 3. The fraction of sp³-hybridized carbons (Fsp3) is 0.440. The van der Waals surface area contributed by atoms with Crippen molar-refractivity contribution in [3.8, 4) is 17.2 Å². The molecule has 0 radical (unpaired) electrons. The van der Waals surface area contributed by atoms with E-state index < -0.39 is 0 Å². The minimum absolute atomic E-state index is 0.00137. The summed E-state index contributed by atoms with van der Waals surface area (Å²) in [4.78, 5) is 27.1. The van der Waals surface area contributed by atoms with Crippen LogP contribution in [-0.2, 0) is 16.0 Å². The molecule has 0 aliphatic carbocycles. The predicted molar refractivity (Wildman–Crippen MR) is 127 cm³/mol. The van der Waals surface area contributed by atoms with E-state index in [1.807, 2.05) is 42.5 Å². The first-order chi connectivity index (χ1) is 16.0. The van der Waals surface area contributed by atoms with Crippen LogP contribution in [0.3, 0.4) is 0 Å². The Morgan fingerprint density at radius 1 is 0.939 bits per heavy atom. The van der Waals surface area contributed by atoms with Gasteiger partial charge in [0.25, 0.3) is 0 Å². The van der Waals surface area contributed by atoms with Crippen molar-refractivity contribution in [2.45, 2.75) is 19.3 Å². The van der Waals surface area contributed by atoms with Crippen LogP contribution in [0.25, 0.3) is 0 Å². The molecule has 8 nitrogen and oxygen atoms in total. The van der Waals surface area contributed by atoms with Crippen LogP contribution in [0.15, 0.2) is 42.5 Å². The molecule has 0 bridgehead atoms. The first-order valence-corrected chi connectivity index (χ1v) is 11.2. The molecule has 1 heterocycles. The molecule has 0 spiro atoms. The molecular formula is C25H33N3O5. The van der Waals surface area contributed by atoms with Crippen molar-refractivity contribution in [3.05, 3.63) is 48.0 Å². The molecule has 2 aromatic carbocycles. The molecule has 1 saturated heterocycles. The SMILES string of the molecule is COc1ccccc1NC(=O)C1CCN(CC(=O)NCCc2ccc(OC)c(OC)c2)CC1. The lowest BCUT2D eigenvalue weighted by atomic mass is 9.95. The predicted octanol–water partition coefficient (Wildman–Crippen LogP) is 2.72. The molecule has 2 aromatic rings. The highest BCUT2D eigenvalue weighted by molar-refractivity contribution is 5.94. The fourth-order valence-corrected chi connectivity index (χ4v) is 3.98. The summed E-state index contributed by atoms with van der Waals surface area (Å²) in [5.41, 5.74) is 1.75. The van der Waals surface area contributed by atoms with Gasteiger partial charge in [-0.2, -0.15) is 0 Å². The zero-order chi connectivity index (χ0) is 23.6. The van der Waals surface area contributed by atoms with Crippen molar-refractivity contribution in [2.75, 3.05) is 52.8 Å². The maximum absolute atomic E-state index is 12.6. The third kappa shape index (κ3) is 6.86. The summed E-state index contributed by atoms with van der Waals surface area (Å²) in [6.45, 7) is 2.32. The maximum Gasteiger partial charge on any atom is 0.234 e. The zero-order valence-corrected chi connectivity index (χ0v) is 19.6. The average Bonchev–Trinajstić information content (AvgIpc) is 2.84. The van der Waals surface area contributed by atoms with Crippen LogP contribution < -0.4 is 24.8 Å². The molecule has 1 aliphatic heterocycles. The van der Waals surface area contributed by atoms with Crippen LogP contribution in [0.5, 0.6) is 17.2 Å². The van der Waals surface area contributed by atoms with E-state index in [0.717, 1.165) is 18.4 Å². The van der Waals surface area contributed by atoms with E-state index in [-0.39, 0.29) is 17.7 Å². The van der Waals surface area contributed by atoms with Gasteiger partial charge in [-0.25, -0.2) is 0 Å². The quantitative estimate of drug-likeness (QED) is 0.573. The second kappa shape index (κ2) is 12.1. The van der Waals surface area contributed by atoms with E-state index in [1.54, 1.807) is 21.3 Å². The van der Waals surface area contributed by atoms with Crippen LogP contribution in [-0.4, -0.2) is 64.2 Å². The Kier molecular flexibility index (Phi) is 8.95. The van der Waals surface area contributed by atoms with Crippen LogP contribution in [0.2, 0.25) is 0 Å². The normalized spacial score (nSPS) is 14.4. The topological polar surface area (TPSA) is 89.1 Å². The third-order valence-electron chi connectivity index (χ3n) is 5.87. The number of hydrogen-bond acceptors (Lipinski definition) is 6. The molecule has 0 saturated carbocycles. The van der Waals surface area contributed by atoms with Crippen LogP contribution in [0.4, 0.5) is 5.69 Å². The Balaban J connectivity index is 1.38. The van der Waals surface area contributed by atoms with Crippen molar-refractivity contribution in [1.29, 1.82) is 0 Å². The van der Waals surface area contributed by atoms with Crippen LogP contribution in [0.1, 0.15) is 18.4 Å². The number of hydrogen-bond donors (Lipinski definition) is 2. The minimum Gasteiger partial charge on any atom is -0.495 e. The second-order valence-electron chi connectivity index (χ2n) is 8.03. The van der Waals surface area contributed by atoms with E-state index in [2.05, 4.69) is 15.5 Å². The number of amides is 2. The van der Waals surface area contributed by atoms with Gasteiger partial charge < -0.3 is 24.8 Å². The average molecular weight is 456 g/mol. The molecule has 1 aliphatic rings. The van der Waals surface area contributed by atoms with Gasteiger partial charge in [0.1, 0.15) is 5.75 Å². The monoisotopic (exact) mass is 455 g/mol. The highest BCUT2D eigenvalue weighted by Crippen LogP contribution is 2.28. The number of anilines is 1. The highest BCUT2D eigenvalue weighted by Gasteiger charge is 2.26. The van der Waals surface area contributed by atoms with Crippen LogP contribution >= 0.6 is 0 Å². The molecule has 1 fully saturated rings. The van der Waals surface area contributed by atoms with Crippen molar-refractivity contribution in [1.82, 2.24) is 10.2 Å². The summed E-state index contributed by atoms with van der Waals surface area (Å²) in [6.07, 6.45) is 2.15. The van der Waals surface area contributed by atoms with Gasteiger partial charge in [-0.15, -0.1) is 0 Å². The highest BCUT2D eigenvalue weighted by atomic mass is 16.5. The number of carbonyl (C=O) groups is 2. The molecule has 33 heavy (non-hydrogen) atoms. The largest absolute Gasteiger partial charge is 0.495 e. The summed E-state index contributed by atoms with van der Waals surface area (Å²) in [7, 11) is 4.80. The van der Waals surface area contributed by atoms with E-state index >= 15 is 0 Å². The number of nitrogens with zero attached hydrogens (tertiary/aromatic N) is 1. The van der Waals surface area contributed by atoms with Gasteiger partial charge in [-0.3, -0.25) is 14.5 Å². The molecule has 0 unspecified atom stereocenters. The number of likely N-dealkylation sites (tertiary alicyclic amines) is 1. The van der Waals surface area contributed by atoms with Gasteiger partial charge in [0.15, 0.2) is 11.5 Å². The first kappa shape index (κ1) is 24.4. The van der Waals surface area contributed by atoms with E-state index in [4.69, 9.17) is 14.2 Å². The summed E-state index contributed by atoms with van der Waals surface area (Å²) < 4.78 is 15.9. The van der Waals surface area contributed by atoms with Crippen LogP contribution in [0, 0.1) is 5.92 Å². The summed E-state index contributed by atoms with van der Waals surface area (Å²) in [6, 6.07) is 13.1. The fourth-order valence-electron chi connectivity index (χ4n) is 3.98. The standard InChI is InChI=1S/C25H33N3O5/c1-31-21-7-5-4-6-20(21)27-25(30)19-11-14-28(15-12-19)17-24(29)26-13-10-18-8-9-22(32-2)23(16-18)33-3/h4-9,16,19H,10-15,17H2,1-3H3,(H,26,29)(H,27,30). The lowest BCUT2D eigenvalue weighted by molar-refractivity contribution is -0.123. The number of para-hydroxylation sites is 2. The number of carbonyl (C=O) groups excluding carboxylic acids is 2. The molecule has 8 heteroatoms. The van der Waals surface area contributed by atoms with Crippen molar-refractivity contribution >= 4 is 17.5 Å².